The van der Waals surface area contributed by atoms with E-state index in [1.165, 1.54) is 11.1 Å². The Morgan fingerprint density at radius 3 is 2.39 bits per heavy atom. The molecule has 1 saturated heterocycles. The topological polar surface area (TPSA) is 52.6 Å². The summed E-state index contributed by atoms with van der Waals surface area (Å²) in [5, 5.41) is 12.6. The standard InChI is InChI=1S/C19H22N2O2/c1-21(19(23)18-11-17(22)12-20-18)13-14-7-9-16(10-8-14)15-5-3-2-4-6-15/h2-10,17-18,20,22H,11-13H2,1H3/t17-,18+/m1/s1. The molecule has 1 aliphatic rings. The van der Waals surface area contributed by atoms with Gasteiger partial charge in [-0.2, -0.15) is 0 Å². The van der Waals surface area contributed by atoms with E-state index in [0.717, 1.165) is 5.56 Å². The Hall–Kier alpha value is -2.17. The van der Waals surface area contributed by atoms with Gasteiger partial charge in [-0.05, 0) is 23.1 Å². The highest BCUT2D eigenvalue weighted by molar-refractivity contribution is 5.82. The second-order valence-electron chi connectivity index (χ2n) is 6.11. The summed E-state index contributed by atoms with van der Waals surface area (Å²) in [5.41, 5.74) is 3.45. The van der Waals surface area contributed by atoms with Crippen molar-refractivity contribution in [3.05, 3.63) is 60.2 Å². The van der Waals surface area contributed by atoms with E-state index in [1.807, 2.05) is 18.2 Å². The predicted molar refractivity (Wildman–Crippen MR) is 90.8 cm³/mol. The lowest BCUT2D eigenvalue weighted by Crippen LogP contribution is -2.41. The molecule has 3 rings (SSSR count). The van der Waals surface area contributed by atoms with Crippen molar-refractivity contribution in [2.24, 2.45) is 0 Å². The maximum atomic E-state index is 12.3. The third kappa shape index (κ3) is 3.78. The van der Waals surface area contributed by atoms with Crippen molar-refractivity contribution in [1.29, 1.82) is 0 Å². The van der Waals surface area contributed by atoms with E-state index in [4.69, 9.17) is 0 Å². The molecule has 4 nitrogen and oxygen atoms in total. The third-order valence-corrected chi connectivity index (χ3v) is 4.26. The van der Waals surface area contributed by atoms with Crippen molar-refractivity contribution in [2.45, 2.75) is 25.1 Å². The largest absolute Gasteiger partial charge is 0.392 e. The molecule has 2 aromatic rings. The quantitative estimate of drug-likeness (QED) is 0.908. The number of aliphatic hydroxyl groups excluding tert-OH is 1. The number of aliphatic hydroxyl groups is 1. The number of amides is 1. The molecular weight excluding hydrogens is 288 g/mol. The van der Waals surface area contributed by atoms with Crippen molar-refractivity contribution in [1.82, 2.24) is 10.2 Å². The Balaban J connectivity index is 1.63. The van der Waals surface area contributed by atoms with Crippen molar-refractivity contribution >= 4 is 5.91 Å². The molecule has 0 aromatic heterocycles. The molecule has 1 heterocycles. The first-order valence-corrected chi connectivity index (χ1v) is 7.94. The van der Waals surface area contributed by atoms with Gasteiger partial charge in [-0.1, -0.05) is 54.6 Å². The summed E-state index contributed by atoms with van der Waals surface area (Å²) in [6.07, 6.45) is 0.0818. The number of nitrogens with one attached hydrogen (secondary N) is 1. The van der Waals surface area contributed by atoms with Crippen LogP contribution >= 0.6 is 0 Å². The smallest absolute Gasteiger partial charge is 0.239 e. The van der Waals surface area contributed by atoms with Gasteiger partial charge >= 0.3 is 0 Å². The van der Waals surface area contributed by atoms with Gasteiger partial charge in [-0.15, -0.1) is 0 Å². The Labute approximate surface area is 136 Å². The fourth-order valence-corrected chi connectivity index (χ4v) is 2.96. The molecule has 0 saturated carbocycles. The monoisotopic (exact) mass is 310 g/mol. The zero-order valence-electron chi connectivity index (χ0n) is 13.3. The number of nitrogens with zero attached hydrogens (tertiary/aromatic N) is 1. The summed E-state index contributed by atoms with van der Waals surface area (Å²) in [7, 11) is 1.81. The zero-order valence-corrected chi connectivity index (χ0v) is 13.3. The highest BCUT2D eigenvalue weighted by Crippen LogP contribution is 2.20. The molecule has 2 aromatic carbocycles. The van der Waals surface area contributed by atoms with Crippen molar-refractivity contribution in [3.63, 3.8) is 0 Å². The molecule has 0 aliphatic carbocycles. The van der Waals surface area contributed by atoms with Crippen LogP contribution in [-0.2, 0) is 11.3 Å². The summed E-state index contributed by atoms with van der Waals surface area (Å²) >= 11 is 0. The van der Waals surface area contributed by atoms with Gasteiger partial charge in [0, 0.05) is 20.1 Å². The molecule has 1 aliphatic heterocycles. The van der Waals surface area contributed by atoms with Crippen LogP contribution in [0.2, 0.25) is 0 Å². The first-order valence-electron chi connectivity index (χ1n) is 7.94. The summed E-state index contributed by atoms with van der Waals surface area (Å²) in [6.45, 7) is 1.07. The average molecular weight is 310 g/mol. The van der Waals surface area contributed by atoms with Gasteiger partial charge in [-0.3, -0.25) is 4.79 Å². The van der Waals surface area contributed by atoms with Gasteiger partial charge in [0.15, 0.2) is 0 Å². The van der Waals surface area contributed by atoms with Gasteiger partial charge in [-0.25, -0.2) is 0 Å². The third-order valence-electron chi connectivity index (χ3n) is 4.26. The number of benzene rings is 2. The normalized spacial score (nSPS) is 20.4. The fraction of sp³-hybridized carbons (Fsp3) is 0.316. The first kappa shape index (κ1) is 15.7. The van der Waals surface area contributed by atoms with Crippen LogP contribution in [0.25, 0.3) is 11.1 Å². The van der Waals surface area contributed by atoms with Gasteiger partial charge in [0.05, 0.1) is 12.1 Å². The Kier molecular flexibility index (Phi) is 4.74. The molecule has 0 radical (unpaired) electrons. The highest BCUT2D eigenvalue weighted by atomic mass is 16.3. The van der Waals surface area contributed by atoms with E-state index in [0.29, 0.717) is 19.5 Å². The number of carbonyl (C=O) groups is 1. The number of β-amino-alcohol motifs (C(OH)–C–C–N with tert-alkyl or cyclic N) is 1. The molecule has 4 heteroatoms. The van der Waals surface area contributed by atoms with E-state index in [-0.39, 0.29) is 11.9 Å². The minimum absolute atomic E-state index is 0.0358. The van der Waals surface area contributed by atoms with Crippen molar-refractivity contribution < 1.29 is 9.90 Å². The maximum Gasteiger partial charge on any atom is 0.239 e. The van der Waals surface area contributed by atoms with Crippen molar-refractivity contribution in [3.8, 4) is 11.1 Å². The lowest BCUT2D eigenvalue weighted by atomic mass is 10.0. The lowest BCUT2D eigenvalue weighted by Gasteiger charge is -2.21. The molecule has 120 valence electrons. The van der Waals surface area contributed by atoms with Crippen molar-refractivity contribution in [2.75, 3.05) is 13.6 Å². The van der Waals surface area contributed by atoms with Gasteiger partial charge in [0.25, 0.3) is 0 Å². The van der Waals surface area contributed by atoms with Crippen LogP contribution in [-0.4, -0.2) is 41.7 Å². The molecule has 2 atom stereocenters. The molecule has 0 unspecified atom stereocenters. The van der Waals surface area contributed by atoms with Crippen LogP contribution < -0.4 is 5.32 Å². The zero-order chi connectivity index (χ0) is 16.2. The Morgan fingerprint density at radius 2 is 1.78 bits per heavy atom. The van der Waals surface area contributed by atoms with E-state index in [9.17, 15) is 9.90 Å². The van der Waals surface area contributed by atoms with Gasteiger partial charge < -0.3 is 15.3 Å². The van der Waals surface area contributed by atoms with Gasteiger partial charge in [0.2, 0.25) is 5.91 Å². The fourth-order valence-electron chi connectivity index (χ4n) is 2.96. The number of hydrogen-bond acceptors (Lipinski definition) is 3. The van der Waals surface area contributed by atoms with Crippen LogP contribution in [0.1, 0.15) is 12.0 Å². The van der Waals surface area contributed by atoms with E-state index in [2.05, 4.69) is 41.7 Å². The predicted octanol–water partition coefficient (Wildman–Crippen LogP) is 2.03. The maximum absolute atomic E-state index is 12.3. The number of likely N-dealkylation sites (N-methyl/N-ethyl adjacent to an activating group) is 1. The number of hydrogen-bond donors (Lipinski definition) is 2. The molecule has 1 fully saturated rings. The average Bonchev–Trinajstić information content (AvgIpc) is 3.02. The SMILES string of the molecule is CN(Cc1ccc(-c2ccccc2)cc1)C(=O)[C@@H]1C[C@@H](O)CN1. The van der Waals surface area contributed by atoms with E-state index >= 15 is 0 Å². The molecule has 0 spiro atoms. The summed E-state index contributed by atoms with van der Waals surface area (Å²) in [6, 6.07) is 18.2. The summed E-state index contributed by atoms with van der Waals surface area (Å²) in [4.78, 5) is 14.1. The molecule has 2 N–H and O–H groups in total. The number of carbonyl (C=O) groups excluding carboxylic acids is 1. The first-order chi connectivity index (χ1) is 11.1. The van der Waals surface area contributed by atoms with Crippen LogP contribution in [0.15, 0.2) is 54.6 Å². The summed E-state index contributed by atoms with van der Waals surface area (Å²) < 4.78 is 0. The second kappa shape index (κ2) is 6.94. The molecule has 1 amide bonds. The Morgan fingerprint density at radius 1 is 1.13 bits per heavy atom. The molecule has 23 heavy (non-hydrogen) atoms. The second-order valence-corrected chi connectivity index (χ2v) is 6.11. The van der Waals surface area contributed by atoms with Crippen LogP contribution in [0.3, 0.4) is 0 Å². The Bertz CT molecular complexity index is 655. The lowest BCUT2D eigenvalue weighted by molar-refractivity contribution is -0.132. The summed E-state index contributed by atoms with van der Waals surface area (Å²) in [5.74, 6) is 0.0358. The molecule has 0 bridgehead atoms. The minimum Gasteiger partial charge on any atom is -0.392 e. The van der Waals surface area contributed by atoms with E-state index < -0.39 is 6.10 Å². The van der Waals surface area contributed by atoms with Crippen LogP contribution in [0, 0.1) is 0 Å². The number of rotatable bonds is 4. The van der Waals surface area contributed by atoms with Gasteiger partial charge in [0.1, 0.15) is 0 Å². The minimum atomic E-state index is -0.414. The molecular formula is C19H22N2O2. The van der Waals surface area contributed by atoms with Crippen LogP contribution in [0.5, 0.6) is 0 Å². The van der Waals surface area contributed by atoms with Crippen LogP contribution in [0.4, 0.5) is 0 Å². The van der Waals surface area contributed by atoms with E-state index in [1.54, 1.807) is 11.9 Å². The highest BCUT2D eigenvalue weighted by Gasteiger charge is 2.29.